The van der Waals surface area contributed by atoms with Crippen molar-refractivity contribution in [1.82, 2.24) is 5.32 Å². The number of carbonyl (C=O) groups is 1. The van der Waals surface area contributed by atoms with E-state index in [0.29, 0.717) is 11.3 Å². The van der Waals surface area contributed by atoms with Gasteiger partial charge in [-0.2, -0.15) is 0 Å². The Bertz CT molecular complexity index is 590. The fourth-order valence-electron chi connectivity index (χ4n) is 2.21. The van der Waals surface area contributed by atoms with Gasteiger partial charge >= 0.3 is 0 Å². The molecule has 2 N–H and O–H groups in total. The Morgan fingerprint density at radius 3 is 2.70 bits per heavy atom. The summed E-state index contributed by atoms with van der Waals surface area (Å²) < 4.78 is 5.17. The van der Waals surface area contributed by atoms with Gasteiger partial charge in [0.05, 0.1) is 11.8 Å². The van der Waals surface area contributed by atoms with Crippen LogP contribution in [0.25, 0.3) is 0 Å². The zero-order valence-electron chi connectivity index (χ0n) is 12.1. The van der Waals surface area contributed by atoms with Crippen molar-refractivity contribution in [2.45, 2.75) is 26.8 Å². The second kappa shape index (κ2) is 6.39. The highest BCUT2D eigenvalue weighted by atomic mass is 16.3. The van der Waals surface area contributed by atoms with Gasteiger partial charge in [-0.3, -0.25) is 4.79 Å². The number of rotatable bonds is 5. The third-order valence-corrected chi connectivity index (χ3v) is 3.29. The number of hydrogen-bond acceptors (Lipinski definition) is 3. The summed E-state index contributed by atoms with van der Waals surface area (Å²) in [6.45, 7) is 6.80. The Labute approximate surface area is 119 Å². The minimum atomic E-state index is -0.146. The third-order valence-electron chi connectivity index (χ3n) is 3.29. The standard InChI is InChI=1S/C16H20N2O2/c1-4-17-11(2)13-7-5-6-8-15(13)18-16(19)14-9-10-20-12(14)3/h5-11,17H,4H2,1-3H3,(H,18,19). The number of nitrogens with one attached hydrogen (secondary N) is 2. The Balaban J connectivity index is 2.21. The van der Waals surface area contributed by atoms with Crippen LogP contribution in [0.1, 0.15) is 41.6 Å². The Kier molecular flexibility index (Phi) is 4.58. The van der Waals surface area contributed by atoms with Crippen molar-refractivity contribution in [3.63, 3.8) is 0 Å². The summed E-state index contributed by atoms with van der Waals surface area (Å²) in [6, 6.07) is 9.69. The van der Waals surface area contributed by atoms with Crippen molar-refractivity contribution in [1.29, 1.82) is 0 Å². The number of furan rings is 1. The van der Waals surface area contributed by atoms with Gasteiger partial charge in [0.25, 0.3) is 5.91 Å². The number of para-hydroxylation sites is 1. The highest BCUT2D eigenvalue weighted by Gasteiger charge is 2.15. The molecule has 0 fully saturated rings. The lowest BCUT2D eigenvalue weighted by molar-refractivity contribution is 0.102. The number of hydrogen-bond donors (Lipinski definition) is 2. The van der Waals surface area contributed by atoms with E-state index in [1.807, 2.05) is 24.3 Å². The van der Waals surface area contributed by atoms with Gasteiger partial charge in [-0.1, -0.05) is 25.1 Å². The minimum Gasteiger partial charge on any atom is -0.469 e. The monoisotopic (exact) mass is 272 g/mol. The zero-order chi connectivity index (χ0) is 14.5. The van der Waals surface area contributed by atoms with E-state index in [0.717, 1.165) is 17.8 Å². The second-order valence-corrected chi connectivity index (χ2v) is 4.71. The lowest BCUT2D eigenvalue weighted by Gasteiger charge is -2.17. The Morgan fingerprint density at radius 1 is 1.30 bits per heavy atom. The SMILES string of the molecule is CCNC(C)c1ccccc1NC(=O)c1ccoc1C. The van der Waals surface area contributed by atoms with Gasteiger partial charge in [0.1, 0.15) is 5.76 Å². The summed E-state index contributed by atoms with van der Waals surface area (Å²) >= 11 is 0. The van der Waals surface area contributed by atoms with E-state index in [2.05, 4.69) is 24.5 Å². The maximum atomic E-state index is 12.2. The van der Waals surface area contributed by atoms with E-state index in [4.69, 9.17) is 4.42 Å². The minimum absolute atomic E-state index is 0.146. The number of aryl methyl sites for hydroxylation is 1. The molecule has 0 spiro atoms. The smallest absolute Gasteiger partial charge is 0.259 e. The fraction of sp³-hybridized carbons (Fsp3) is 0.312. The van der Waals surface area contributed by atoms with E-state index < -0.39 is 0 Å². The molecule has 4 nitrogen and oxygen atoms in total. The van der Waals surface area contributed by atoms with E-state index in [1.165, 1.54) is 6.26 Å². The van der Waals surface area contributed by atoms with Crippen LogP contribution in [0.4, 0.5) is 5.69 Å². The number of amides is 1. The van der Waals surface area contributed by atoms with Crippen LogP contribution in [-0.4, -0.2) is 12.5 Å². The Morgan fingerprint density at radius 2 is 2.05 bits per heavy atom. The quantitative estimate of drug-likeness (QED) is 0.875. The van der Waals surface area contributed by atoms with Crippen molar-refractivity contribution in [3.05, 3.63) is 53.5 Å². The largest absolute Gasteiger partial charge is 0.469 e. The average Bonchev–Trinajstić information content (AvgIpc) is 2.86. The van der Waals surface area contributed by atoms with Crippen molar-refractivity contribution in [3.8, 4) is 0 Å². The highest BCUT2D eigenvalue weighted by Crippen LogP contribution is 2.23. The molecule has 2 aromatic rings. The van der Waals surface area contributed by atoms with Crippen LogP contribution in [0, 0.1) is 6.92 Å². The van der Waals surface area contributed by atoms with E-state index in [1.54, 1.807) is 13.0 Å². The molecule has 20 heavy (non-hydrogen) atoms. The van der Waals surface area contributed by atoms with E-state index in [9.17, 15) is 4.79 Å². The Hall–Kier alpha value is -2.07. The molecule has 0 aliphatic carbocycles. The molecule has 0 saturated heterocycles. The number of carbonyl (C=O) groups excluding carboxylic acids is 1. The summed E-state index contributed by atoms with van der Waals surface area (Å²) in [5, 5.41) is 6.31. The molecule has 1 aromatic heterocycles. The van der Waals surface area contributed by atoms with Crippen molar-refractivity contribution < 1.29 is 9.21 Å². The molecular formula is C16H20N2O2. The van der Waals surface area contributed by atoms with Crippen molar-refractivity contribution in [2.24, 2.45) is 0 Å². The van der Waals surface area contributed by atoms with Gasteiger partial charge < -0.3 is 15.1 Å². The molecule has 1 aromatic carbocycles. The van der Waals surface area contributed by atoms with Crippen LogP contribution in [0.15, 0.2) is 41.0 Å². The normalized spacial score (nSPS) is 12.2. The fourth-order valence-corrected chi connectivity index (χ4v) is 2.21. The molecule has 2 rings (SSSR count). The first-order valence-electron chi connectivity index (χ1n) is 6.81. The van der Waals surface area contributed by atoms with Gasteiger partial charge in [0.15, 0.2) is 0 Å². The molecule has 1 amide bonds. The molecular weight excluding hydrogens is 252 g/mol. The molecule has 106 valence electrons. The molecule has 0 aliphatic heterocycles. The van der Waals surface area contributed by atoms with E-state index >= 15 is 0 Å². The van der Waals surface area contributed by atoms with Crippen LogP contribution >= 0.6 is 0 Å². The van der Waals surface area contributed by atoms with Crippen LogP contribution < -0.4 is 10.6 Å². The predicted octanol–water partition coefficient (Wildman–Crippen LogP) is 3.51. The van der Waals surface area contributed by atoms with Crippen molar-refractivity contribution in [2.75, 3.05) is 11.9 Å². The molecule has 0 saturated carbocycles. The van der Waals surface area contributed by atoms with Gasteiger partial charge in [-0.15, -0.1) is 0 Å². The first-order chi connectivity index (χ1) is 9.63. The lowest BCUT2D eigenvalue weighted by Crippen LogP contribution is -2.20. The van der Waals surface area contributed by atoms with Gasteiger partial charge in [-0.25, -0.2) is 0 Å². The van der Waals surface area contributed by atoms with Crippen LogP contribution in [0.3, 0.4) is 0 Å². The van der Waals surface area contributed by atoms with Crippen LogP contribution in [0.2, 0.25) is 0 Å². The molecule has 4 heteroatoms. The van der Waals surface area contributed by atoms with Crippen molar-refractivity contribution >= 4 is 11.6 Å². The number of anilines is 1. The number of benzene rings is 1. The molecule has 1 atom stereocenters. The predicted molar refractivity (Wildman–Crippen MR) is 79.9 cm³/mol. The third kappa shape index (κ3) is 3.08. The average molecular weight is 272 g/mol. The van der Waals surface area contributed by atoms with Gasteiger partial charge in [0, 0.05) is 11.7 Å². The summed E-state index contributed by atoms with van der Waals surface area (Å²) in [7, 11) is 0. The van der Waals surface area contributed by atoms with Crippen LogP contribution in [-0.2, 0) is 0 Å². The van der Waals surface area contributed by atoms with Crippen LogP contribution in [0.5, 0.6) is 0 Å². The first-order valence-corrected chi connectivity index (χ1v) is 6.81. The maximum Gasteiger partial charge on any atom is 0.259 e. The molecule has 0 aliphatic rings. The molecule has 0 bridgehead atoms. The van der Waals surface area contributed by atoms with Gasteiger partial charge in [0.2, 0.25) is 0 Å². The molecule has 1 unspecified atom stereocenters. The molecule has 0 radical (unpaired) electrons. The topological polar surface area (TPSA) is 54.3 Å². The summed E-state index contributed by atoms with van der Waals surface area (Å²) in [4.78, 5) is 12.2. The molecule has 1 heterocycles. The summed E-state index contributed by atoms with van der Waals surface area (Å²) in [5.74, 6) is 0.479. The second-order valence-electron chi connectivity index (χ2n) is 4.71. The maximum absolute atomic E-state index is 12.2. The summed E-state index contributed by atoms with van der Waals surface area (Å²) in [6.07, 6.45) is 1.53. The first kappa shape index (κ1) is 14.3. The van der Waals surface area contributed by atoms with E-state index in [-0.39, 0.29) is 11.9 Å². The highest BCUT2D eigenvalue weighted by molar-refractivity contribution is 6.05. The van der Waals surface area contributed by atoms with Gasteiger partial charge in [-0.05, 0) is 38.1 Å². The summed E-state index contributed by atoms with van der Waals surface area (Å²) in [5.41, 5.74) is 2.46. The zero-order valence-corrected chi connectivity index (χ0v) is 12.1. The lowest BCUT2D eigenvalue weighted by atomic mass is 10.1.